The number of alkyl halides is 2. The third kappa shape index (κ3) is 12.4. The molecular formula is C54H58F2N7O13PS. The zero-order valence-corrected chi connectivity index (χ0v) is 44.6. The minimum atomic E-state index is -5.87. The van der Waals surface area contributed by atoms with Gasteiger partial charge in [-0.3, -0.25) is 57.9 Å². The molecule has 1 aromatic heterocycles. The largest absolute Gasteiger partial charge is 0.399 e. The van der Waals surface area contributed by atoms with E-state index in [1.54, 1.807) is 37.8 Å². The van der Waals surface area contributed by atoms with Crippen LogP contribution in [0.15, 0.2) is 72.8 Å². The number of thiophene rings is 1. The highest BCUT2D eigenvalue weighted by molar-refractivity contribution is 7.52. The number of hydrogen-bond acceptors (Lipinski definition) is 12. The van der Waals surface area contributed by atoms with Gasteiger partial charge in [0.2, 0.25) is 35.4 Å². The van der Waals surface area contributed by atoms with Crippen molar-refractivity contribution in [2.75, 3.05) is 45.9 Å². The lowest BCUT2D eigenvalue weighted by atomic mass is 9.85. The molecule has 3 fully saturated rings. The summed E-state index contributed by atoms with van der Waals surface area (Å²) in [5.41, 5.74) is -4.98. The zero-order chi connectivity index (χ0) is 56.3. The van der Waals surface area contributed by atoms with Crippen molar-refractivity contribution in [3.8, 4) is 11.8 Å². The fraction of sp³-hybridized carbons (Fsp3) is 0.426. The summed E-state index contributed by atoms with van der Waals surface area (Å²) in [5, 5.41) is 7.83. The van der Waals surface area contributed by atoms with E-state index in [-0.39, 0.29) is 80.1 Å². The Morgan fingerprint density at radius 2 is 1.65 bits per heavy atom. The lowest BCUT2D eigenvalue weighted by molar-refractivity contribution is -0.158. The Kier molecular flexibility index (Phi) is 17.1. The van der Waals surface area contributed by atoms with E-state index < -0.39 is 108 Å². The number of piperazine rings is 1. The van der Waals surface area contributed by atoms with Crippen LogP contribution >= 0.6 is 18.9 Å². The van der Waals surface area contributed by atoms with Gasteiger partial charge in [-0.1, -0.05) is 81.5 Å². The lowest BCUT2D eigenvalue weighted by Crippen LogP contribution is -2.66. The van der Waals surface area contributed by atoms with Gasteiger partial charge in [-0.15, -0.1) is 11.3 Å². The molecule has 0 radical (unpaired) electrons. The van der Waals surface area contributed by atoms with Crippen molar-refractivity contribution >= 4 is 82.2 Å². The first-order chi connectivity index (χ1) is 36.9. The SMILES string of the molecule is CC(C)(C)[C@H](NC(=O)c1cc2cc(C(F)(F)P(=O)(O)O)ccc2s1)C(=O)N1CCN(C(=O)CC(=O)NCCCCCC#Cc2cccc3c2C(=O)N(C2CCC(=O)NC2=O)C3=O)C[C@H]1C(=O)N1CCOC(c2ccccc2)C1. The van der Waals surface area contributed by atoms with Crippen molar-refractivity contribution < 1.29 is 71.0 Å². The first-order valence-corrected chi connectivity index (χ1v) is 27.8. The standard InChI is InChI=1S/C54H58F2N7O13PS/c1-53(2,3)46(59-48(68)41-28-34-27-35(18-20-40(34)78-41)54(55,56)77(73,74)75)52(72)62-24-23-60(30-38(62)50(70)61-25-26-76-39(31-61)32-13-9-7-10-14-32)44(66)29-43(65)57-22-11-6-4-5-8-15-33-16-12-17-36-45(33)51(71)63(49(36)69)37-19-21-42(64)58-47(37)67/h7,9-10,12-14,16-18,20,27-28,37-39,46H,4-6,11,19,21-26,29-31H2,1-3H3,(H,57,65)(H,59,68)(H,58,64,67)(H2,73,74,75)/t37?,38-,39?,46+/m0/s1. The number of fused-ring (bicyclic) bond motifs is 2. The fourth-order valence-electron chi connectivity index (χ4n) is 9.77. The number of halogens is 2. The molecule has 412 valence electrons. The molecule has 78 heavy (non-hydrogen) atoms. The maximum atomic E-state index is 14.8. The number of rotatable bonds is 15. The average Bonchev–Trinajstić information content (AvgIpc) is 4.01. The van der Waals surface area contributed by atoms with Crippen LogP contribution in [0.1, 0.15) is 119 Å². The molecule has 0 spiro atoms. The highest BCUT2D eigenvalue weighted by atomic mass is 32.1. The van der Waals surface area contributed by atoms with Crippen molar-refractivity contribution in [3.63, 3.8) is 0 Å². The molecule has 20 nitrogen and oxygen atoms in total. The number of carbonyl (C=O) groups excluding carboxylic acids is 9. The van der Waals surface area contributed by atoms with Crippen LogP contribution < -0.4 is 16.0 Å². The van der Waals surface area contributed by atoms with Gasteiger partial charge < -0.3 is 39.9 Å². The van der Waals surface area contributed by atoms with E-state index in [4.69, 9.17) is 4.74 Å². The predicted octanol–water partition coefficient (Wildman–Crippen LogP) is 4.43. The summed E-state index contributed by atoms with van der Waals surface area (Å²) >= 11 is 0.916. The molecule has 4 aromatic rings. The second kappa shape index (κ2) is 23.4. The van der Waals surface area contributed by atoms with Gasteiger partial charge in [0.25, 0.3) is 17.7 Å². The molecule has 4 aliphatic heterocycles. The molecule has 0 aliphatic carbocycles. The number of ether oxygens (including phenoxy) is 1. The Morgan fingerprint density at radius 1 is 0.897 bits per heavy atom. The number of piperidine rings is 1. The number of nitrogens with zero attached hydrogens (tertiary/aromatic N) is 4. The van der Waals surface area contributed by atoms with Gasteiger partial charge in [0.1, 0.15) is 30.7 Å². The summed E-state index contributed by atoms with van der Waals surface area (Å²) in [7, 11) is -5.87. The molecule has 5 heterocycles. The number of unbranched alkanes of at least 4 members (excludes halogenated alkanes) is 3. The summed E-state index contributed by atoms with van der Waals surface area (Å²) in [6, 6.07) is 14.7. The van der Waals surface area contributed by atoms with E-state index in [0.29, 0.717) is 35.9 Å². The Labute approximate surface area is 451 Å². The average molecular weight is 1110 g/mol. The topological polar surface area (TPSA) is 269 Å². The highest BCUT2D eigenvalue weighted by Crippen LogP contribution is 2.59. The number of benzene rings is 3. The summed E-state index contributed by atoms with van der Waals surface area (Å²) in [6.45, 7) is 5.44. The van der Waals surface area contributed by atoms with E-state index in [1.807, 2.05) is 30.3 Å². The van der Waals surface area contributed by atoms with Gasteiger partial charge in [-0.2, -0.15) is 8.78 Å². The van der Waals surface area contributed by atoms with Crippen molar-refractivity contribution in [1.82, 2.24) is 35.6 Å². The molecule has 0 saturated carbocycles. The molecule has 9 amide bonds. The molecule has 3 saturated heterocycles. The van der Waals surface area contributed by atoms with E-state index in [0.717, 1.165) is 33.9 Å². The quantitative estimate of drug-likeness (QED) is 0.0363. The van der Waals surface area contributed by atoms with Gasteiger partial charge in [0.15, 0.2) is 0 Å². The first kappa shape index (κ1) is 57.0. The Balaban J connectivity index is 0.881. The summed E-state index contributed by atoms with van der Waals surface area (Å²) < 4.78 is 47.1. The zero-order valence-electron chi connectivity index (χ0n) is 42.9. The van der Waals surface area contributed by atoms with Gasteiger partial charge in [0, 0.05) is 54.8 Å². The molecule has 0 bridgehead atoms. The predicted molar refractivity (Wildman–Crippen MR) is 278 cm³/mol. The number of morpholine rings is 1. The molecule has 4 aliphatic rings. The van der Waals surface area contributed by atoms with Crippen LogP contribution in [0.5, 0.6) is 0 Å². The molecular weight excluding hydrogens is 1060 g/mol. The molecule has 2 unspecified atom stereocenters. The number of nitrogens with one attached hydrogen (secondary N) is 3. The normalized spacial score (nSPS) is 19.4. The van der Waals surface area contributed by atoms with Gasteiger partial charge in [-0.05, 0) is 66.0 Å². The summed E-state index contributed by atoms with van der Waals surface area (Å²) in [4.78, 5) is 145. The van der Waals surface area contributed by atoms with Crippen LogP contribution in [0.2, 0.25) is 0 Å². The van der Waals surface area contributed by atoms with Gasteiger partial charge >= 0.3 is 13.3 Å². The first-order valence-electron chi connectivity index (χ1n) is 25.4. The van der Waals surface area contributed by atoms with E-state index >= 15 is 0 Å². The van der Waals surface area contributed by atoms with E-state index in [2.05, 4.69) is 27.8 Å². The van der Waals surface area contributed by atoms with Crippen molar-refractivity contribution in [2.45, 2.75) is 95.6 Å². The van der Waals surface area contributed by atoms with E-state index in [9.17, 15) is 66.3 Å². The van der Waals surface area contributed by atoms with Crippen molar-refractivity contribution in [2.24, 2.45) is 5.41 Å². The minimum Gasteiger partial charge on any atom is -0.370 e. The number of hydrogen-bond donors (Lipinski definition) is 5. The van der Waals surface area contributed by atoms with Crippen LogP contribution in [0.25, 0.3) is 10.1 Å². The van der Waals surface area contributed by atoms with Crippen molar-refractivity contribution in [3.05, 3.63) is 105 Å². The second-order valence-electron chi connectivity index (χ2n) is 20.5. The third-order valence-electron chi connectivity index (χ3n) is 14.0. The molecule has 4 atom stereocenters. The third-order valence-corrected chi connectivity index (χ3v) is 16.1. The number of amides is 9. The van der Waals surface area contributed by atoms with Crippen LogP contribution in [0.3, 0.4) is 0 Å². The maximum absolute atomic E-state index is 14.8. The van der Waals surface area contributed by atoms with Crippen LogP contribution in [-0.2, 0) is 43.7 Å². The monoisotopic (exact) mass is 1110 g/mol. The number of carbonyl (C=O) groups is 9. The molecule has 3 aromatic carbocycles. The Bertz CT molecular complexity index is 3190. The van der Waals surface area contributed by atoms with Crippen molar-refractivity contribution in [1.29, 1.82) is 0 Å². The maximum Gasteiger partial charge on any atom is 0.399 e. The second-order valence-corrected chi connectivity index (χ2v) is 23.2. The molecule has 24 heteroatoms. The Hall–Kier alpha value is -7.22. The van der Waals surface area contributed by atoms with Gasteiger partial charge in [0.05, 0.1) is 35.7 Å². The Morgan fingerprint density at radius 3 is 2.37 bits per heavy atom. The fourth-order valence-corrected chi connectivity index (χ4v) is 11.2. The lowest BCUT2D eigenvalue weighted by Gasteiger charge is -2.45. The summed E-state index contributed by atoms with van der Waals surface area (Å²) in [5.74, 6) is 0.573. The number of imide groups is 2. The minimum absolute atomic E-state index is 0.0000458. The summed E-state index contributed by atoms with van der Waals surface area (Å²) in [6.07, 6.45) is 1.26. The van der Waals surface area contributed by atoms with E-state index in [1.165, 1.54) is 28.0 Å². The van der Waals surface area contributed by atoms with Gasteiger partial charge in [-0.25, -0.2) is 0 Å². The molecule has 8 rings (SSSR count). The van der Waals surface area contributed by atoms with Crippen LogP contribution in [0, 0.1) is 17.3 Å². The van der Waals surface area contributed by atoms with Crippen LogP contribution in [-0.4, -0.2) is 147 Å². The highest BCUT2D eigenvalue weighted by Gasteiger charge is 2.51. The van der Waals surface area contributed by atoms with Crippen LogP contribution in [0.4, 0.5) is 8.78 Å². The smallest absolute Gasteiger partial charge is 0.370 e. The molecule has 5 N–H and O–H groups in total.